The number of carbonyl (C=O) groups excluding carboxylic acids is 2. The zero-order valence-electron chi connectivity index (χ0n) is 21.8. The molecule has 0 radical (unpaired) electrons. The number of para-hydroxylation sites is 1. The van der Waals surface area contributed by atoms with E-state index >= 15 is 0 Å². The number of nitrogens with zero attached hydrogens (tertiary/aromatic N) is 2. The van der Waals surface area contributed by atoms with Crippen LogP contribution in [0.15, 0.2) is 77.7 Å². The molecule has 0 aliphatic heterocycles. The van der Waals surface area contributed by atoms with Crippen LogP contribution in [0.2, 0.25) is 0 Å². The highest BCUT2D eigenvalue weighted by Crippen LogP contribution is 2.27. The Labute approximate surface area is 223 Å². The lowest BCUT2D eigenvalue weighted by atomic mass is 10.1. The topological polar surface area (TPSA) is 96.0 Å². The Hall–Kier alpha value is -3.92. The summed E-state index contributed by atoms with van der Waals surface area (Å²) < 4.78 is 48.4. The average molecular weight is 542 g/mol. The van der Waals surface area contributed by atoms with Gasteiger partial charge in [0.25, 0.3) is 10.0 Å². The Balaban J connectivity index is 2.07. The number of ether oxygens (including phenoxy) is 1. The summed E-state index contributed by atoms with van der Waals surface area (Å²) in [6.45, 7) is 2.87. The molecule has 0 heterocycles. The molecule has 3 rings (SSSR count). The number of aryl methyl sites for hydroxylation is 1. The van der Waals surface area contributed by atoms with Gasteiger partial charge in [0.1, 0.15) is 24.2 Å². The number of halogens is 1. The molecule has 3 aromatic carbocycles. The van der Waals surface area contributed by atoms with Crippen LogP contribution in [0.1, 0.15) is 24.5 Å². The van der Waals surface area contributed by atoms with Crippen molar-refractivity contribution in [2.24, 2.45) is 0 Å². The highest BCUT2D eigenvalue weighted by Gasteiger charge is 2.34. The molecule has 0 fully saturated rings. The van der Waals surface area contributed by atoms with E-state index in [2.05, 4.69) is 5.32 Å². The lowest BCUT2D eigenvalue weighted by Crippen LogP contribution is -2.51. The Kier molecular flexibility index (Phi) is 9.46. The summed E-state index contributed by atoms with van der Waals surface area (Å²) >= 11 is 0. The molecule has 38 heavy (non-hydrogen) atoms. The van der Waals surface area contributed by atoms with Gasteiger partial charge in [0.15, 0.2) is 0 Å². The third-order valence-electron chi connectivity index (χ3n) is 6.13. The monoisotopic (exact) mass is 541 g/mol. The maximum atomic E-state index is 14.9. The first-order valence-electron chi connectivity index (χ1n) is 12.1. The van der Waals surface area contributed by atoms with E-state index < -0.39 is 40.2 Å². The van der Waals surface area contributed by atoms with Crippen molar-refractivity contribution in [1.29, 1.82) is 0 Å². The standard InChI is InChI=1S/C28H32FN3O5S/c1-5-25(28(34)30-3)31(18-21-9-8-10-22(17-21)37-4)27(33)19-32(26-12-7-6-11-24(26)29)38(35,36)23-15-13-20(2)14-16-23/h6-17,25H,5,18-19H2,1-4H3,(H,30,34)/t25-/m1/s1. The molecule has 3 aromatic rings. The van der Waals surface area contributed by atoms with Crippen molar-refractivity contribution in [2.75, 3.05) is 25.0 Å². The minimum atomic E-state index is -4.34. The first-order chi connectivity index (χ1) is 18.1. The summed E-state index contributed by atoms with van der Waals surface area (Å²) in [6, 6.07) is 17.6. The van der Waals surface area contributed by atoms with Gasteiger partial charge in [-0.1, -0.05) is 48.9 Å². The second-order valence-corrected chi connectivity index (χ2v) is 10.5. The quantitative estimate of drug-likeness (QED) is 0.397. The smallest absolute Gasteiger partial charge is 0.264 e. The molecule has 0 saturated carbocycles. The number of sulfonamides is 1. The maximum Gasteiger partial charge on any atom is 0.264 e. The van der Waals surface area contributed by atoms with Gasteiger partial charge in [-0.05, 0) is 55.3 Å². The zero-order valence-corrected chi connectivity index (χ0v) is 22.7. The molecule has 0 unspecified atom stereocenters. The average Bonchev–Trinajstić information content (AvgIpc) is 2.92. The van der Waals surface area contributed by atoms with Crippen molar-refractivity contribution >= 4 is 27.5 Å². The van der Waals surface area contributed by atoms with Crippen molar-refractivity contribution in [1.82, 2.24) is 10.2 Å². The zero-order chi connectivity index (χ0) is 27.9. The van der Waals surface area contributed by atoms with E-state index in [1.54, 1.807) is 43.3 Å². The van der Waals surface area contributed by atoms with Gasteiger partial charge in [-0.2, -0.15) is 0 Å². The Bertz CT molecular complexity index is 1380. The van der Waals surface area contributed by atoms with E-state index in [9.17, 15) is 22.4 Å². The summed E-state index contributed by atoms with van der Waals surface area (Å²) in [5.74, 6) is -1.30. The van der Waals surface area contributed by atoms with E-state index in [1.807, 2.05) is 6.92 Å². The molecule has 202 valence electrons. The molecule has 10 heteroatoms. The minimum Gasteiger partial charge on any atom is -0.497 e. The molecule has 0 aliphatic carbocycles. The summed E-state index contributed by atoms with van der Waals surface area (Å²) in [7, 11) is -1.36. The van der Waals surface area contributed by atoms with Gasteiger partial charge in [-0.15, -0.1) is 0 Å². The van der Waals surface area contributed by atoms with Crippen LogP contribution in [0.3, 0.4) is 0 Å². The fourth-order valence-corrected chi connectivity index (χ4v) is 5.48. The lowest BCUT2D eigenvalue weighted by molar-refractivity contribution is -0.140. The number of anilines is 1. The largest absolute Gasteiger partial charge is 0.497 e. The predicted octanol–water partition coefficient (Wildman–Crippen LogP) is 3.89. The summed E-state index contributed by atoms with van der Waals surface area (Å²) in [5, 5.41) is 2.57. The maximum absolute atomic E-state index is 14.9. The van der Waals surface area contributed by atoms with Gasteiger partial charge in [-0.3, -0.25) is 13.9 Å². The second-order valence-electron chi connectivity index (χ2n) is 8.69. The van der Waals surface area contributed by atoms with Crippen LogP contribution in [0.4, 0.5) is 10.1 Å². The highest BCUT2D eigenvalue weighted by molar-refractivity contribution is 7.92. The number of hydrogen-bond donors (Lipinski definition) is 1. The van der Waals surface area contributed by atoms with Crippen LogP contribution in [-0.2, 0) is 26.2 Å². The summed E-state index contributed by atoms with van der Waals surface area (Å²) in [6.07, 6.45) is 0.278. The molecule has 1 atom stereocenters. The van der Waals surface area contributed by atoms with Crippen LogP contribution in [-0.4, -0.2) is 51.9 Å². The second kappa shape index (κ2) is 12.6. The Morgan fingerprint density at radius 2 is 1.71 bits per heavy atom. The Morgan fingerprint density at radius 1 is 1.03 bits per heavy atom. The SMILES string of the molecule is CC[C@H](C(=O)NC)N(Cc1cccc(OC)c1)C(=O)CN(c1ccccc1F)S(=O)(=O)c1ccc(C)cc1. The molecule has 0 saturated heterocycles. The number of nitrogens with one attached hydrogen (secondary N) is 1. The highest BCUT2D eigenvalue weighted by atomic mass is 32.2. The van der Waals surface area contributed by atoms with Crippen molar-refractivity contribution < 1.29 is 27.1 Å². The van der Waals surface area contributed by atoms with Gasteiger partial charge in [-0.25, -0.2) is 12.8 Å². The van der Waals surface area contributed by atoms with Crippen molar-refractivity contribution in [3.8, 4) is 5.75 Å². The van der Waals surface area contributed by atoms with Gasteiger partial charge in [0, 0.05) is 13.6 Å². The number of carbonyl (C=O) groups is 2. The van der Waals surface area contributed by atoms with Crippen LogP contribution < -0.4 is 14.4 Å². The molecule has 0 spiro atoms. The third-order valence-corrected chi connectivity index (χ3v) is 7.90. The minimum absolute atomic E-state index is 0.0116. The van der Waals surface area contributed by atoms with E-state index in [-0.39, 0.29) is 23.5 Å². The molecule has 0 aliphatic rings. The number of amides is 2. The van der Waals surface area contributed by atoms with Gasteiger partial charge in [0.05, 0.1) is 17.7 Å². The third kappa shape index (κ3) is 6.49. The number of rotatable bonds is 11. The number of methoxy groups -OCH3 is 1. The molecule has 2 amide bonds. The lowest BCUT2D eigenvalue weighted by Gasteiger charge is -2.33. The van der Waals surface area contributed by atoms with Crippen LogP contribution >= 0.6 is 0 Å². The van der Waals surface area contributed by atoms with Gasteiger partial charge >= 0.3 is 0 Å². The molecule has 1 N–H and O–H groups in total. The van der Waals surface area contributed by atoms with E-state index in [0.717, 1.165) is 15.9 Å². The number of likely N-dealkylation sites (N-methyl/N-ethyl adjacent to an activating group) is 1. The van der Waals surface area contributed by atoms with Crippen LogP contribution in [0.25, 0.3) is 0 Å². The fourth-order valence-electron chi connectivity index (χ4n) is 4.06. The van der Waals surface area contributed by atoms with Crippen molar-refractivity contribution in [2.45, 2.75) is 37.8 Å². The summed E-state index contributed by atoms with van der Waals surface area (Å²) in [4.78, 5) is 27.8. The predicted molar refractivity (Wildman–Crippen MR) is 144 cm³/mol. The first kappa shape index (κ1) is 28.6. The summed E-state index contributed by atoms with van der Waals surface area (Å²) in [5.41, 5.74) is 1.26. The van der Waals surface area contributed by atoms with Crippen molar-refractivity contribution in [3.05, 3.63) is 89.7 Å². The van der Waals surface area contributed by atoms with E-state index in [1.165, 1.54) is 49.4 Å². The molecule has 0 aromatic heterocycles. The number of hydrogen-bond acceptors (Lipinski definition) is 5. The number of benzene rings is 3. The molecular formula is C28H32FN3O5S. The van der Waals surface area contributed by atoms with Gasteiger partial charge in [0.2, 0.25) is 11.8 Å². The first-order valence-corrected chi connectivity index (χ1v) is 13.5. The molecule has 8 nitrogen and oxygen atoms in total. The van der Waals surface area contributed by atoms with Crippen molar-refractivity contribution in [3.63, 3.8) is 0 Å². The normalized spacial score (nSPS) is 11.9. The van der Waals surface area contributed by atoms with Crippen LogP contribution in [0, 0.1) is 12.7 Å². The van der Waals surface area contributed by atoms with Gasteiger partial charge < -0.3 is 15.0 Å². The molecule has 0 bridgehead atoms. The van der Waals surface area contributed by atoms with E-state index in [0.29, 0.717) is 11.3 Å². The van der Waals surface area contributed by atoms with Crippen LogP contribution in [0.5, 0.6) is 5.75 Å². The Morgan fingerprint density at radius 3 is 2.32 bits per heavy atom. The van der Waals surface area contributed by atoms with E-state index in [4.69, 9.17) is 4.74 Å². The fraction of sp³-hybridized carbons (Fsp3) is 0.286. The molecular weight excluding hydrogens is 509 g/mol.